The molecule has 0 saturated carbocycles. The number of carbonyl (C=O) groups is 2. The van der Waals surface area contributed by atoms with Crippen LogP contribution in [0.5, 0.6) is 5.75 Å². The van der Waals surface area contributed by atoms with Crippen LogP contribution in [0.4, 0.5) is 0 Å². The van der Waals surface area contributed by atoms with Crippen molar-refractivity contribution in [3.63, 3.8) is 0 Å². The Morgan fingerprint density at radius 3 is 2.48 bits per heavy atom. The number of aliphatic hydroxyl groups excluding tert-OH is 1. The maximum absolute atomic E-state index is 13.1. The molecule has 0 aromatic heterocycles. The van der Waals surface area contributed by atoms with Crippen LogP contribution in [-0.4, -0.2) is 60.9 Å². The van der Waals surface area contributed by atoms with Crippen molar-refractivity contribution in [3.8, 4) is 5.75 Å². The first kappa shape index (κ1) is 22.8. The van der Waals surface area contributed by atoms with E-state index in [4.69, 9.17) is 16.3 Å². The molecule has 4 rings (SSSR count). The van der Waals surface area contributed by atoms with E-state index in [2.05, 4.69) is 0 Å². The number of ether oxygens (including phenoxy) is 1. The molecule has 0 aliphatic carbocycles. The van der Waals surface area contributed by atoms with Crippen LogP contribution in [0.25, 0.3) is 16.5 Å². The number of rotatable bonds is 6. The molecule has 0 spiro atoms. The van der Waals surface area contributed by atoms with Crippen molar-refractivity contribution in [3.05, 3.63) is 82.4 Å². The number of hydrogen-bond donors (Lipinski definition) is 1. The first-order valence-electron chi connectivity index (χ1n) is 10.6. The minimum atomic E-state index is -0.727. The molecule has 0 radical (unpaired) electrons. The second-order valence-electron chi connectivity index (χ2n) is 8.28. The van der Waals surface area contributed by atoms with E-state index in [1.54, 1.807) is 37.4 Å². The van der Waals surface area contributed by atoms with E-state index in [0.717, 1.165) is 16.5 Å². The van der Waals surface area contributed by atoms with Crippen LogP contribution in [0.3, 0.4) is 0 Å². The van der Waals surface area contributed by atoms with Gasteiger partial charge in [-0.1, -0.05) is 41.9 Å². The van der Waals surface area contributed by atoms with Crippen molar-refractivity contribution < 1.29 is 19.4 Å². The molecule has 1 N–H and O–H groups in total. The number of hydrogen-bond acceptors (Lipinski definition) is 5. The normalized spacial score (nSPS) is 17.8. The maximum atomic E-state index is 13.1. The summed E-state index contributed by atoms with van der Waals surface area (Å²) in [5.74, 6) is -0.810. The molecule has 33 heavy (non-hydrogen) atoms. The van der Waals surface area contributed by atoms with Crippen molar-refractivity contribution in [2.75, 3.05) is 34.3 Å². The number of nitrogens with zero attached hydrogens (tertiary/aromatic N) is 2. The van der Waals surface area contributed by atoms with Crippen LogP contribution in [0.15, 0.2) is 66.2 Å². The van der Waals surface area contributed by atoms with Gasteiger partial charge >= 0.3 is 0 Å². The lowest BCUT2D eigenvalue weighted by molar-refractivity contribution is -0.140. The molecule has 1 fully saturated rings. The topological polar surface area (TPSA) is 70.1 Å². The summed E-state index contributed by atoms with van der Waals surface area (Å²) in [6.07, 6.45) is 0. The van der Waals surface area contributed by atoms with E-state index in [-0.39, 0.29) is 11.3 Å². The Balaban J connectivity index is 1.85. The van der Waals surface area contributed by atoms with Gasteiger partial charge in [-0.3, -0.25) is 9.59 Å². The Morgan fingerprint density at radius 2 is 1.79 bits per heavy atom. The number of ketones is 1. The smallest absolute Gasteiger partial charge is 0.295 e. The number of Topliss-reactive ketones (excluding diaryl/α,β-unsaturated/α-hetero) is 1. The van der Waals surface area contributed by atoms with E-state index in [9.17, 15) is 14.7 Å². The monoisotopic (exact) mass is 464 g/mol. The molecule has 6 nitrogen and oxygen atoms in total. The Labute approximate surface area is 197 Å². The largest absolute Gasteiger partial charge is 0.507 e. The zero-order chi connectivity index (χ0) is 23.7. The van der Waals surface area contributed by atoms with Crippen LogP contribution in [-0.2, 0) is 9.59 Å². The highest BCUT2D eigenvalue weighted by molar-refractivity contribution is 6.46. The predicted octanol–water partition coefficient (Wildman–Crippen LogP) is 4.49. The third-order valence-corrected chi connectivity index (χ3v) is 6.05. The van der Waals surface area contributed by atoms with Gasteiger partial charge in [0, 0.05) is 23.7 Å². The quantitative estimate of drug-likeness (QED) is 0.331. The minimum absolute atomic E-state index is 0.0638. The highest BCUT2D eigenvalue weighted by atomic mass is 35.5. The summed E-state index contributed by atoms with van der Waals surface area (Å²) in [5.41, 5.74) is 1.20. The molecular weight excluding hydrogens is 440 g/mol. The van der Waals surface area contributed by atoms with Gasteiger partial charge in [0.05, 0.1) is 18.7 Å². The minimum Gasteiger partial charge on any atom is -0.507 e. The van der Waals surface area contributed by atoms with Crippen molar-refractivity contribution in [2.45, 2.75) is 6.04 Å². The van der Waals surface area contributed by atoms with Crippen LogP contribution < -0.4 is 4.74 Å². The average molecular weight is 465 g/mol. The lowest BCUT2D eigenvalue weighted by Gasteiger charge is -2.26. The number of fused-ring (bicyclic) bond motifs is 1. The molecule has 1 amide bonds. The van der Waals surface area contributed by atoms with E-state index in [1.807, 2.05) is 49.3 Å². The fourth-order valence-corrected chi connectivity index (χ4v) is 4.29. The molecule has 0 bridgehead atoms. The summed E-state index contributed by atoms with van der Waals surface area (Å²) in [6, 6.07) is 17.3. The zero-order valence-electron chi connectivity index (χ0n) is 18.7. The molecule has 1 aliphatic rings. The maximum Gasteiger partial charge on any atom is 0.295 e. The van der Waals surface area contributed by atoms with E-state index in [1.165, 1.54) is 4.90 Å². The summed E-state index contributed by atoms with van der Waals surface area (Å²) in [5, 5.41) is 13.6. The van der Waals surface area contributed by atoms with Gasteiger partial charge in [0.15, 0.2) is 0 Å². The third kappa shape index (κ3) is 4.45. The van der Waals surface area contributed by atoms with Crippen LogP contribution in [0.2, 0.25) is 5.02 Å². The predicted molar refractivity (Wildman–Crippen MR) is 130 cm³/mol. The fraction of sp³-hybridized carbons (Fsp3) is 0.231. The van der Waals surface area contributed by atoms with Crippen molar-refractivity contribution >= 4 is 39.8 Å². The van der Waals surface area contributed by atoms with Gasteiger partial charge in [-0.2, -0.15) is 0 Å². The van der Waals surface area contributed by atoms with Crippen molar-refractivity contribution in [2.24, 2.45) is 0 Å². The molecule has 1 atom stereocenters. The number of amides is 1. The number of aliphatic hydroxyl groups is 1. The van der Waals surface area contributed by atoms with Gasteiger partial charge in [0.2, 0.25) is 0 Å². The number of methoxy groups -OCH3 is 1. The van der Waals surface area contributed by atoms with Crippen LogP contribution in [0.1, 0.15) is 17.2 Å². The van der Waals surface area contributed by atoms with E-state index in [0.29, 0.717) is 29.2 Å². The molecule has 3 aromatic rings. The molecule has 170 valence electrons. The Bertz CT molecular complexity index is 1270. The molecular formula is C26H25ClN2O4. The fourth-order valence-electron chi connectivity index (χ4n) is 4.10. The number of halogens is 1. The van der Waals surface area contributed by atoms with E-state index < -0.39 is 17.7 Å². The number of benzene rings is 3. The molecule has 3 aromatic carbocycles. The van der Waals surface area contributed by atoms with Gasteiger partial charge in [-0.15, -0.1) is 0 Å². The standard InChI is InChI=1S/C26H25ClN2O4/c1-28(2)11-12-29-23(18-5-4-6-20(27)14-18)22(25(31)26(29)32)24(30)19-8-7-17-15-21(33-3)10-9-16(17)13-19/h4-10,13-15,23,30H,11-12H2,1-3H3/b24-22+. The second-order valence-corrected chi connectivity index (χ2v) is 8.72. The van der Waals surface area contributed by atoms with E-state index >= 15 is 0 Å². The lowest BCUT2D eigenvalue weighted by atomic mass is 9.94. The highest BCUT2D eigenvalue weighted by Gasteiger charge is 2.45. The molecule has 1 saturated heterocycles. The number of likely N-dealkylation sites (N-methyl/N-ethyl adjacent to an activating group) is 1. The first-order chi connectivity index (χ1) is 15.8. The average Bonchev–Trinajstić information content (AvgIpc) is 3.06. The van der Waals surface area contributed by atoms with Gasteiger partial charge in [-0.05, 0) is 60.8 Å². The molecule has 1 unspecified atom stereocenters. The van der Waals surface area contributed by atoms with Gasteiger partial charge in [0.1, 0.15) is 11.5 Å². The molecule has 7 heteroatoms. The summed E-state index contributed by atoms with van der Waals surface area (Å²) >= 11 is 6.22. The number of likely N-dealkylation sites (tertiary alicyclic amines) is 1. The van der Waals surface area contributed by atoms with Gasteiger partial charge in [0.25, 0.3) is 11.7 Å². The Kier molecular flexibility index (Phi) is 6.40. The van der Waals surface area contributed by atoms with Gasteiger partial charge in [-0.25, -0.2) is 0 Å². The van der Waals surface area contributed by atoms with Crippen molar-refractivity contribution in [1.82, 2.24) is 9.80 Å². The van der Waals surface area contributed by atoms with Crippen molar-refractivity contribution in [1.29, 1.82) is 0 Å². The van der Waals surface area contributed by atoms with Crippen LogP contribution in [0, 0.1) is 0 Å². The summed E-state index contributed by atoms with van der Waals surface area (Å²) in [7, 11) is 5.40. The number of carbonyl (C=O) groups excluding carboxylic acids is 2. The Hall–Kier alpha value is -3.35. The zero-order valence-corrected chi connectivity index (χ0v) is 19.5. The summed E-state index contributed by atoms with van der Waals surface area (Å²) in [4.78, 5) is 29.5. The first-order valence-corrected chi connectivity index (χ1v) is 10.9. The molecule has 1 heterocycles. The lowest BCUT2D eigenvalue weighted by Crippen LogP contribution is -2.35. The highest BCUT2D eigenvalue weighted by Crippen LogP contribution is 2.40. The second kappa shape index (κ2) is 9.25. The Morgan fingerprint density at radius 1 is 1.06 bits per heavy atom. The summed E-state index contributed by atoms with van der Waals surface area (Å²) < 4.78 is 5.27. The van der Waals surface area contributed by atoms with Gasteiger partial charge < -0.3 is 19.6 Å². The third-order valence-electron chi connectivity index (χ3n) is 5.81. The molecule has 1 aliphatic heterocycles. The van der Waals surface area contributed by atoms with Crippen LogP contribution >= 0.6 is 11.6 Å². The summed E-state index contributed by atoms with van der Waals surface area (Å²) in [6.45, 7) is 0.908. The SMILES string of the molecule is COc1ccc2cc(/C(O)=C3\C(=O)C(=O)N(CCN(C)C)C3c3cccc(Cl)c3)ccc2c1.